The van der Waals surface area contributed by atoms with Gasteiger partial charge in [0.1, 0.15) is 5.76 Å². The van der Waals surface area contributed by atoms with Crippen LogP contribution in [0.5, 0.6) is 0 Å². The fourth-order valence-electron chi connectivity index (χ4n) is 1.38. The van der Waals surface area contributed by atoms with Crippen LogP contribution in [0.2, 0.25) is 0 Å². The molecule has 0 bridgehead atoms. The summed E-state index contributed by atoms with van der Waals surface area (Å²) in [6.07, 6.45) is 0. The van der Waals surface area contributed by atoms with Crippen molar-refractivity contribution in [3.63, 3.8) is 0 Å². The quantitative estimate of drug-likeness (QED) is 0.846. The zero-order valence-corrected chi connectivity index (χ0v) is 8.40. The van der Waals surface area contributed by atoms with E-state index in [1.54, 1.807) is 19.1 Å². The Bertz CT molecular complexity index is 548. The van der Waals surface area contributed by atoms with Gasteiger partial charge in [0, 0.05) is 11.8 Å². The minimum absolute atomic E-state index is 0.144. The van der Waals surface area contributed by atoms with Crippen LogP contribution in [0.15, 0.2) is 28.7 Å². The monoisotopic (exact) mass is 221 g/mol. The average Bonchev–Trinajstić information content (AvgIpc) is 2.64. The third-order valence-corrected chi connectivity index (χ3v) is 2.08. The first-order valence-electron chi connectivity index (χ1n) is 4.54. The van der Waals surface area contributed by atoms with Gasteiger partial charge in [0.15, 0.2) is 5.69 Å². The molecule has 0 radical (unpaired) electrons. The van der Waals surface area contributed by atoms with Crippen molar-refractivity contribution < 1.29 is 18.7 Å². The lowest BCUT2D eigenvalue weighted by Crippen LogP contribution is -2.03. The van der Waals surface area contributed by atoms with Crippen molar-refractivity contribution in [3.05, 3.63) is 41.7 Å². The van der Waals surface area contributed by atoms with Crippen LogP contribution in [0.3, 0.4) is 0 Å². The Kier molecular flexibility index (Phi) is 2.44. The molecule has 0 aliphatic carbocycles. The third kappa shape index (κ3) is 1.79. The van der Waals surface area contributed by atoms with E-state index in [0.717, 1.165) is 6.07 Å². The summed E-state index contributed by atoms with van der Waals surface area (Å²) in [4.78, 5) is 14.8. The molecular formula is C11H8FNO3. The molecule has 0 saturated carbocycles. The first-order chi connectivity index (χ1) is 7.58. The molecule has 0 atom stereocenters. The maximum atomic E-state index is 12.7. The standard InChI is InChI=1S/C11H8FNO3/c1-6-2-3-7(10(13-6)11(14)15)8-4-5-9(12)16-8/h2-5H,1H3,(H,14,15). The highest BCUT2D eigenvalue weighted by molar-refractivity contribution is 5.93. The van der Waals surface area contributed by atoms with E-state index in [2.05, 4.69) is 4.98 Å². The van der Waals surface area contributed by atoms with Gasteiger partial charge in [-0.2, -0.15) is 4.39 Å². The fourth-order valence-corrected chi connectivity index (χ4v) is 1.38. The zero-order valence-electron chi connectivity index (χ0n) is 8.40. The van der Waals surface area contributed by atoms with Crippen LogP contribution in [0.25, 0.3) is 11.3 Å². The van der Waals surface area contributed by atoms with Crippen molar-refractivity contribution in [2.45, 2.75) is 6.92 Å². The summed E-state index contributed by atoms with van der Waals surface area (Å²) in [6, 6.07) is 4.92. The lowest BCUT2D eigenvalue weighted by atomic mass is 10.1. The Morgan fingerprint density at radius 1 is 1.38 bits per heavy atom. The second kappa shape index (κ2) is 3.77. The van der Waals surface area contributed by atoms with E-state index in [1.165, 1.54) is 6.07 Å². The first kappa shape index (κ1) is 10.4. The molecule has 0 saturated heterocycles. The summed E-state index contributed by atoms with van der Waals surface area (Å²) in [7, 11) is 0. The molecule has 4 nitrogen and oxygen atoms in total. The molecule has 2 aromatic rings. The van der Waals surface area contributed by atoms with Crippen LogP contribution in [0.1, 0.15) is 16.2 Å². The molecule has 0 spiro atoms. The number of aryl methyl sites for hydroxylation is 1. The molecule has 1 N–H and O–H groups in total. The molecule has 5 heteroatoms. The number of carboxylic acids is 1. The predicted molar refractivity (Wildman–Crippen MR) is 53.6 cm³/mol. The van der Waals surface area contributed by atoms with Gasteiger partial charge in [-0.1, -0.05) is 0 Å². The maximum Gasteiger partial charge on any atom is 0.355 e. The van der Waals surface area contributed by atoms with Gasteiger partial charge >= 0.3 is 5.97 Å². The number of pyridine rings is 1. The maximum absolute atomic E-state index is 12.7. The number of carboxylic acid groups (broad SMARTS) is 1. The van der Waals surface area contributed by atoms with Crippen molar-refractivity contribution in [2.24, 2.45) is 0 Å². The summed E-state index contributed by atoms with van der Waals surface area (Å²) in [5, 5.41) is 8.96. The molecule has 2 rings (SSSR count). The number of furan rings is 1. The molecule has 0 aromatic carbocycles. The van der Waals surface area contributed by atoms with E-state index in [0.29, 0.717) is 5.69 Å². The summed E-state index contributed by atoms with van der Waals surface area (Å²) >= 11 is 0. The van der Waals surface area contributed by atoms with Crippen molar-refractivity contribution >= 4 is 5.97 Å². The Balaban J connectivity index is 2.60. The number of nitrogens with zero attached hydrogens (tertiary/aromatic N) is 1. The normalized spacial score (nSPS) is 10.4. The topological polar surface area (TPSA) is 63.3 Å². The number of carbonyl (C=O) groups is 1. The highest BCUT2D eigenvalue weighted by Gasteiger charge is 2.16. The van der Waals surface area contributed by atoms with Gasteiger partial charge in [-0.05, 0) is 25.1 Å². The lowest BCUT2D eigenvalue weighted by molar-refractivity contribution is 0.0691. The number of rotatable bonds is 2. The van der Waals surface area contributed by atoms with E-state index >= 15 is 0 Å². The molecule has 82 valence electrons. The summed E-state index contributed by atoms with van der Waals surface area (Å²) < 4.78 is 17.4. The third-order valence-electron chi connectivity index (χ3n) is 2.08. The Hall–Kier alpha value is -2.17. The van der Waals surface area contributed by atoms with Crippen molar-refractivity contribution in [3.8, 4) is 11.3 Å². The highest BCUT2D eigenvalue weighted by atomic mass is 19.1. The zero-order chi connectivity index (χ0) is 11.7. The number of aromatic nitrogens is 1. The molecule has 0 aliphatic heterocycles. The van der Waals surface area contributed by atoms with Gasteiger partial charge in [0.05, 0.1) is 5.56 Å². The number of aromatic carboxylic acids is 1. The predicted octanol–water partition coefficient (Wildman–Crippen LogP) is 2.49. The molecule has 0 amide bonds. The molecule has 0 unspecified atom stereocenters. The molecule has 2 aromatic heterocycles. The number of halogens is 1. The second-order valence-corrected chi connectivity index (χ2v) is 3.26. The van der Waals surface area contributed by atoms with E-state index in [1.807, 2.05) is 0 Å². The smallest absolute Gasteiger partial charge is 0.355 e. The summed E-state index contributed by atoms with van der Waals surface area (Å²) in [5.41, 5.74) is 0.699. The second-order valence-electron chi connectivity index (χ2n) is 3.26. The van der Waals surface area contributed by atoms with Crippen LogP contribution < -0.4 is 0 Å². The summed E-state index contributed by atoms with van der Waals surface area (Å²) in [5.74, 6) is -1.02. The minimum atomic E-state index is -1.17. The van der Waals surface area contributed by atoms with Crippen LogP contribution in [-0.4, -0.2) is 16.1 Å². The number of hydrogen-bond acceptors (Lipinski definition) is 3. The van der Waals surface area contributed by atoms with Gasteiger partial charge in [0.2, 0.25) is 0 Å². The van der Waals surface area contributed by atoms with Crippen molar-refractivity contribution in [1.82, 2.24) is 4.98 Å². The average molecular weight is 221 g/mol. The molecule has 0 aliphatic rings. The van der Waals surface area contributed by atoms with Crippen LogP contribution in [0.4, 0.5) is 4.39 Å². The SMILES string of the molecule is Cc1ccc(-c2ccc(F)o2)c(C(=O)O)n1. The Morgan fingerprint density at radius 2 is 2.12 bits per heavy atom. The van der Waals surface area contributed by atoms with Crippen LogP contribution >= 0.6 is 0 Å². The van der Waals surface area contributed by atoms with E-state index < -0.39 is 12.0 Å². The largest absolute Gasteiger partial charge is 0.476 e. The van der Waals surface area contributed by atoms with Gasteiger partial charge in [-0.25, -0.2) is 9.78 Å². The van der Waals surface area contributed by atoms with Gasteiger partial charge in [-0.3, -0.25) is 0 Å². The minimum Gasteiger partial charge on any atom is -0.476 e. The Morgan fingerprint density at radius 3 is 2.69 bits per heavy atom. The summed E-state index contributed by atoms with van der Waals surface area (Å²) in [6.45, 7) is 1.68. The first-order valence-corrected chi connectivity index (χ1v) is 4.54. The molecular weight excluding hydrogens is 213 g/mol. The molecule has 0 fully saturated rings. The van der Waals surface area contributed by atoms with Crippen LogP contribution in [0, 0.1) is 12.9 Å². The van der Waals surface area contributed by atoms with E-state index in [9.17, 15) is 9.18 Å². The van der Waals surface area contributed by atoms with E-state index in [-0.39, 0.29) is 17.0 Å². The number of hydrogen-bond donors (Lipinski definition) is 1. The van der Waals surface area contributed by atoms with E-state index in [4.69, 9.17) is 9.52 Å². The van der Waals surface area contributed by atoms with Crippen LogP contribution in [-0.2, 0) is 0 Å². The molecule has 16 heavy (non-hydrogen) atoms. The Labute approximate surface area is 90.4 Å². The lowest BCUT2D eigenvalue weighted by Gasteiger charge is -2.02. The van der Waals surface area contributed by atoms with Crippen molar-refractivity contribution in [1.29, 1.82) is 0 Å². The molecule has 2 heterocycles. The fraction of sp³-hybridized carbons (Fsp3) is 0.0909. The highest BCUT2D eigenvalue weighted by Crippen LogP contribution is 2.24. The van der Waals surface area contributed by atoms with Crippen molar-refractivity contribution in [2.75, 3.05) is 0 Å². The van der Waals surface area contributed by atoms with Gasteiger partial charge in [0.25, 0.3) is 6.01 Å². The van der Waals surface area contributed by atoms with Gasteiger partial charge in [-0.15, -0.1) is 0 Å². The van der Waals surface area contributed by atoms with Gasteiger partial charge < -0.3 is 9.52 Å².